The Hall–Kier alpha value is -1.36. The second-order valence-electron chi connectivity index (χ2n) is 3.71. The molecular weight excluding hydrogens is 204 g/mol. The number of aromatic nitrogens is 2. The third-order valence-corrected chi connectivity index (χ3v) is 2.30. The molecule has 1 rings (SSSR count). The third kappa shape index (κ3) is 3.34. The standard InChI is InChI=1S/C11H20N4O/c1-4-16-11-9(3)10(13-7-14-11)15-8(2)5-6-12/h7-8H,4-6,12H2,1-3H3,(H,13,14,15). The SMILES string of the molecule is CCOc1ncnc(NC(C)CCN)c1C. The first kappa shape index (κ1) is 12.7. The molecule has 0 spiro atoms. The van der Waals surface area contributed by atoms with Gasteiger partial charge in [0.1, 0.15) is 12.1 Å². The van der Waals surface area contributed by atoms with E-state index >= 15 is 0 Å². The van der Waals surface area contributed by atoms with E-state index in [1.165, 1.54) is 6.33 Å². The predicted octanol–water partition coefficient (Wildman–Crippen LogP) is 1.33. The Labute approximate surface area is 96.4 Å². The van der Waals surface area contributed by atoms with Gasteiger partial charge in [-0.1, -0.05) is 0 Å². The number of rotatable bonds is 6. The molecule has 0 amide bonds. The first-order valence-electron chi connectivity index (χ1n) is 5.60. The van der Waals surface area contributed by atoms with Crippen LogP contribution in [0.5, 0.6) is 5.88 Å². The molecule has 0 saturated carbocycles. The molecular formula is C11H20N4O. The van der Waals surface area contributed by atoms with Crippen LogP contribution in [0, 0.1) is 6.92 Å². The summed E-state index contributed by atoms with van der Waals surface area (Å²) in [6, 6.07) is 0.299. The van der Waals surface area contributed by atoms with Crippen LogP contribution in [0.15, 0.2) is 6.33 Å². The molecule has 0 saturated heterocycles. The number of nitrogens with one attached hydrogen (secondary N) is 1. The van der Waals surface area contributed by atoms with Crippen LogP contribution in [0.4, 0.5) is 5.82 Å². The van der Waals surface area contributed by atoms with E-state index in [4.69, 9.17) is 10.5 Å². The lowest BCUT2D eigenvalue weighted by atomic mass is 10.2. The lowest BCUT2D eigenvalue weighted by Gasteiger charge is -2.16. The van der Waals surface area contributed by atoms with Crippen LogP contribution in [-0.2, 0) is 0 Å². The van der Waals surface area contributed by atoms with Crippen molar-refractivity contribution in [3.63, 3.8) is 0 Å². The molecule has 0 aliphatic rings. The summed E-state index contributed by atoms with van der Waals surface area (Å²) in [4.78, 5) is 8.28. The van der Waals surface area contributed by atoms with Crippen LogP contribution < -0.4 is 15.8 Å². The van der Waals surface area contributed by atoms with Gasteiger partial charge < -0.3 is 15.8 Å². The van der Waals surface area contributed by atoms with Crippen molar-refractivity contribution in [1.82, 2.24) is 9.97 Å². The quantitative estimate of drug-likeness (QED) is 0.762. The molecule has 0 fully saturated rings. The zero-order chi connectivity index (χ0) is 12.0. The summed E-state index contributed by atoms with van der Waals surface area (Å²) in [6.07, 6.45) is 2.42. The molecule has 1 aromatic rings. The fourth-order valence-corrected chi connectivity index (χ4v) is 1.42. The number of anilines is 1. The third-order valence-electron chi connectivity index (χ3n) is 2.30. The van der Waals surface area contributed by atoms with Gasteiger partial charge in [0.05, 0.1) is 12.2 Å². The molecule has 16 heavy (non-hydrogen) atoms. The summed E-state index contributed by atoms with van der Waals surface area (Å²) >= 11 is 0. The highest BCUT2D eigenvalue weighted by molar-refractivity contribution is 5.48. The first-order chi connectivity index (χ1) is 7.69. The highest BCUT2D eigenvalue weighted by Crippen LogP contribution is 2.20. The van der Waals surface area contributed by atoms with Crippen molar-refractivity contribution in [2.75, 3.05) is 18.5 Å². The van der Waals surface area contributed by atoms with Gasteiger partial charge in [-0.3, -0.25) is 0 Å². The Morgan fingerprint density at radius 2 is 2.25 bits per heavy atom. The van der Waals surface area contributed by atoms with Gasteiger partial charge in [-0.05, 0) is 33.7 Å². The molecule has 1 heterocycles. The van der Waals surface area contributed by atoms with Gasteiger partial charge in [0.25, 0.3) is 0 Å². The average molecular weight is 224 g/mol. The van der Waals surface area contributed by atoms with E-state index in [9.17, 15) is 0 Å². The lowest BCUT2D eigenvalue weighted by Crippen LogP contribution is -2.20. The maximum atomic E-state index is 5.50. The Bertz CT molecular complexity index is 330. The zero-order valence-electron chi connectivity index (χ0n) is 10.2. The van der Waals surface area contributed by atoms with Gasteiger partial charge in [-0.2, -0.15) is 0 Å². The Kier molecular flexibility index (Phi) is 4.98. The van der Waals surface area contributed by atoms with Crippen LogP contribution in [0.1, 0.15) is 25.8 Å². The van der Waals surface area contributed by atoms with Gasteiger partial charge in [-0.25, -0.2) is 9.97 Å². The minimum absolute atomic E-state index is 0.299. The maximum absolute atomic E-state index is 5.50. The molecule has 1 unspecified atom stereocenters. The highest BCUT2D eigenvalue weighted by atomic mass is 16.5. The van der Waals surface area contributed by atoms with Crippen molar-refractivity contribution >= 4 is 5.82 Å². The smallest absolute Gasteiger partial charge is 0.221 e. The number of hydrogen-bond acceptors (Lipinski definition) is 5. The number of hydrogen-bond donors (Lipinski definition) is 2. The minimum Gasteiger partial charge on any atom is -0.478 e. The molecule has 0 bridgehead atoms. The van der Waals surface area contributed by atoms with Crippen LogP contribution >= 0.6 is 0 Å². The number of nitrogens with two attached hydrogens (primary N) is 1. The van der Waals surface area contributed by atoms with E-state index in [1.54, 1.807) is 0 Å². The van der Waals surface area contributed by atoms with E-state index in [0.29, 0.717) is 25.1 Å². The van der Waals surface area contributed by atoms with E-state index in [1.807, 2.05) is 13.8 Å². The first-order valence-corrected chi connectivity index (χ1v) is 5.60. The summed E-state index contributed by atoms with van der Waals surface area (Å²) < 4.78 is 5.40. The van der Waals surface area contributed by atoms with Gasteiger partial charge >= 0.3 is 0 Å². The molecule has 90 valence electrons. The summed E-state index contributed by atoms with van der Waals surface area (Å²) in [7, 11) is 0. The van der Waals surface area contributed by atoms with Crippen molar-refractivity contribution in [3.05, 3.63) is 11.9 Å². The topological polar surface area (TPSA) is 73.1 Å². The number of nitrogens with zero attached hydrogens (tertiary/aromatic N) is 2. The molecule has 1 aromatic heterocycles. The molecule has 0 radical (unpaired) electrons. The largest absolute Gasteiger partial charge is 0.478 e. The fourth-order valence-electron chi connectivity index (χ4n) is 1.42. The number of ether oxygens (including phenoxy) is 1. The van der Waals surface area contributed by atoms with Crippen molar-refractivity contribution in [2.24, 2.45) is 5.73 Å². The van der Waals surface area contributed by atoms with Gasteiger partial charge in [-0.15, -0.1) is 0 Å². The summed E-state index contributed by atoms with van der Waals surface area (Å²) in [5.74, 6) is 1.46. The van der Waals surface area contributed by atoms with Crippen LogP contribution in [-0.4, -0.2) is 29.2 Å². The molecule has 5 heteroatoms. The van der Waals surface area contributed by atoms with Gasteiger partial charge in [0.15, 0.2) is 0 Å². The Morgan fingerprint density at radius 1 is 1.50 bits per heavy atom. The summed E-state index contributed by atoms with van der Waals surface area (Å²) in [6.45, 7) is 7.23. The Morgan fingerprint density at radius 3 is 2.88 bits per heavy atom. The van der Waals surface area contributed by atoms with Crippen molar-refractivity contribution in [1.29, 1.82) is 0 Å². The van der Waals surface area contributed by atoms with E-state index in [2.05, 4.69) is 22.2 Å². The van der Waals surface area contributed by atoms with Crippen LogP contribution in [0.3, 0.4) is 0 Å². The average Bonchev–Trinajstić information content (AvgIpc) is 2.24. The second kappa shape index (κ2) is 6.27. The lowest BCUT2D eigenvalue weighted by molar-refractivity contribution is 0.324. The molecule has 3 N–H and O–H groups in total. The second-order valence-corrected chi connectivity index (χ2v) is 3.71. The molecule has 0 aromatic carbocycles. The molecule has 5 nitrogen and oxygen atoms in total. The molecule has 0 aliphatic carbocycles. The van der Waals surface area contributed by atoms with E-state index in [0.717, 1.165) is 17.8 Å². The van der Waals surface area contributed by atoms with E-state index < -0.39 is 0 Å². The predicted molar refractivity (Wildman–Crippen MR) is 64.7 cm³/mol. The Balaban J connectivity index is 2.76. The normalized spacial score (nSPS) is 12.2. The minimum atomic E-state index is 0.299. The summed E-state index contributed by atoms with van der Waals surface area (Å²) in [5.41, 5.74) is 6.44. The van der Waals surface area contributed by atoms with Crippen LogP contribution in [0.25, 0.3) is 0 Å². The monoisotopic (exact) mass is 224 g/mol. The van der Waals surface area contributed by atoms with Crippen LogP contribution in [0.2, 0.25) is 0 Å². The van der Waals surface area contributed by atoms with Gasteiger partial charge in [0, 0.05) is 6.04 Å². The fraction of sp³-hybridized carbons (Fsp3) is 0.636. The molecule has 1 atom stereocenters. The van der Waals surface area contributed by atoms with Gasteiger partial charge in [0.2, 0.25) is 5.88 Å². The highest BCUT2D eigenvalue weighted by Gasteiger charge is 2.09. The van der Waals surface area contributed by atoms with Crippen molar-refractivity contribution in [2.45, 2.75) is 33.2 Å². The maximum Gasteiger partial charge on any atom is 0.221 e. The summed E-state index contributed by atoms with van der Waals surface area (Å²) in [5, 5.41) is 3.30. The molecule has 0 aliphatic heterocycles. The zero-order valence-corrected chi connectivity index (χ0v) is 10.2. The van der Waals surface area contributed by atoms with Crippen molar-refractivity contribution in [3.8, 4) is 5.88 Å². The van der Waals surface area contributed by atoms with Crippen molar-refractivity contribution < 1.29 is 4.74 Å². The van der Waals surface area contributed by atoms with E-state index in [-0.39, 0.29) is 0 Å².